The zero-order chi connectivity index (χ0) is 28.7. The minimum atomic E-state index is -0.605. The highest BCUT2D eigenvalue weighted by molar-refractivity contribution is 6.18. The molecule has 9 heteroatoms. The van der Waals surface area contributed by atoms with Gasteiger partial charge in [-0.2, -0.15) is 0 Å². The first-order valence-corrected chi connectivity index (χ1v) is 14.9. The van der Waals surface area contributed by atoms with E-state index in [0.717, 1.165) is 6.54 Å². The first-order valence-electron chi connectivity index (χ1n) is 14.9. The lowest BCUT2D eigenvalue weighted by molar-refractivity contribution is -0.131. The largest absolute Gasteiger partial charge is 0.493 e. The van der Waals surface area contributed by atoms with E-state index in [4.69, 9.17) is 9.47 Å². The summed E-state index contributed by atoms with van der Waals surface area (Å²) in [5.74, 6) is 1.09. The minimum absolute atomic E-state index is 0.106. The van der Waals surface area contributed by atoms with E-state index in [2.05, 4.69) is 4.90 Å². The van der Waals surface area contributed by atoms with Crippen molar-refractivity contribution in [2.45, 2.75) is 57.2 Å². The molecule has 0 bridgehead atoms. The second kappa shape index (κ2) is 11.4. The van der Waals surface area contributed by atoms with Gasteiger partial charge in [0.1, 0.15) is 6.17 Å². The molecule has 2 aromatic carbocycles. The molecular weight excluding hydrogens is 520 g/mol. The molecule has 4 aliphatic heterocycles. The molecule has 218 valence electrons. The van der Waals surface area contributed by atoms with E-state index in [1.165, 1.54) is 59.4 Å². The Balaban J connectivity index is 1.19. The SMILES string of the molecule is COc1ccc2c(c1OC)C(=O)N1c3ccccc3C(=O)N(CCCC(=O)N(C)CC3CCCN4CCCCC34)C21. The van der Waals surface area contributed by atoms with Gasteiger partial charge in [-0.15, -0.1) is 0 Å². The Morgan fingerprint density at radius 3 is 2.59 bits per heavy atom. The van der Waals surface area contributed by atoms with Gasteiger partial charge < -0.3 is 24.2 Å². The number of fused-ring (bicyclic) bond motifs is 6. The summed E-state index contributed by atoms with van der Waals surface area (Å²) in [7, 11) is 4.97. The van der Waals surface area contributed by atoms with Crippen molar-refractivity contribution in [3.8, 4) is 11.5 Å². The van der Waals surface area contributed by atoms with Crippen LogP contribution in [0.1, 0.15) is 77.4 Å². The average molecular weight is 561 g/mol. The number of benzene rings is 2. The summed E-state index contributed by atoms with van der Waals surface area (Å²) < 4.78 is 11.1. The number of carbonyl (C=O) groups excluding carboxylic acids is 3. The number of hydrogen-bond donors (Lipinski definition) is 0. The van der Waals surface area contributed by atoms with E-state index in [1.54, 1.807) is 21.9 Å². The van der Waals surface area contributed by atoms with Crippen molar-refractivity contribution in [3.63, 3.8) is 0 Å². The fourth-order valence-corrected chi connectivity index (χ4v) is 7.49. The molecule has 0 spiro atoms. The zero-order valence-electron chi connectivity index (χ0n) is 24.3. The Hall–Kier alpha value is -3.59. The molecule has 4 heterocycles. The fourth-order valence-electron chi connectivity index (χ4n) is 7.49. The predicted molar refractivity (Wildman–Crippen MR) is 155 cm³/mol. The summed E-state index contributed by atoms with van der Waals surface area (Å²) in [6, 6.07) is 11.4. The van der Waals surface area contributed by atoms with Gasteiger partial charge in [-0.3, -0.25) is 19.3 Å². The molecule has 0 aliphatic carbocycles. The fraction of sp³-hybridized carbons (Fsp3) is 0.531. The maximum Gasteiger partial charge on any atom is 0.264 e. The summed E-state index contributed by atoms with van der Waals surface area (Å²) in [5.41, 5.74) is 2.18. The third-order valence-electron chi connectivity index (χ3n) is 9.44. The van der Waals surface area contributed by atoms with E-state index in [-0.39, 0.29) is 17.7 Å². The second-order valence-corrected chi connectivity index (χ2v) is 11.7. The molecule has 2 saturated heterocycles. The Bertz CT molecular complexity index is 1340. The van der Waals surface area contributed by atoms with Crippen molar-refractivity contribution in [3.05, 3.63) is 53.1 Å². The molecule has 2 aromatic rings. The normalized spacial score (nSPS) is 23.4. The number of methoxy groups -OCH3 is 2. The lowest BCUT2D eigenvalue weighted by Gasteiger charge is -2.45. The molecule has 0 N–H and O–H groups in total. The summed E-state index contributed by atoms with van der Waals surface area (Å²) in [4.78, 5) is 48.8. The van der Waals surface area contributed by atoms with Gasteiger partial charge in [0.15, 0.2) is 11.5 Å². The minimum Gasteiger partial charge on any atom is -0.493 e. The van der Waals surface area contributed by atoms with Crippen molar-refractivity contribution >= 4 is 23.4 Å². The van der Waals surface area contributed by atoms with Gasteiger partial charge in [0.05, 0.1) is 31.0 Å². The van der Waals surface area contributed by atoms with Crippen molar-refractivity contribution < 1.29 is 23.9 Å². The van der Waals surface area contributed by atoms with Crippen LogP contribution >= 0.6 is 0 Å². The van der Waals surface area contributed by atoms with Gasteiger partial charge in [0.25, 0.3) is 11.8 Å². The number of amides is 3. The van der Waals surface area contributed by atoms with Crippen LogP contribution in [0.3, 0.4) is 0 Å². The smallest absolute Gasteiger partial charge is 0.264 e. The average Bonchev–Trinajstić information content (AvgIpc) is 3.30. The number of rotatable bonds is 8. The zero-order valence-corrected chi connectivity index (χ0v) is 24.3. The molecule has 9 nitrogen and oxygen atoms in total. The quantitative estimate of drug-likeness (QED) is 0.478. The van der Waals surface area contributed by atoms with Gasteiger partial charge in [-0.25, -0.2) is 0 Å². The number of piperidine rings is 2. The maximum absolute atomic E-state index is 13.8. The molecular formula is C32H40N4O5. The number of nitrogens with zero attached hydrogens (tertiary/aromatic N) is 4. The van der Waals surface area contributed by atoms with E-state index < -0.39 is 6.17 Å². The van der Waals surface area contributed by atoms with E-state index in [9.17, 15) is 14.4 Å². The van der Waals surface area contributed by atoms with E-state index >= 15 is 0 Å². The topological polar surface area (TPSA) is 82.6 Å². The van der Waals surface area contributed by atoms with Gasteiger partial charge in [0, 0.05) is 38.2 Å². The molecule has 2 fully saturated rings. The molecule has 3 amide bonds. The number of hydrogen-bond acceptors (Lipinski definition) is 6. The first-order chi connectivity index (χ1) is 19.9. The van der Waals surface area contributed by atoms with Crippen molar-refractivity contribution in [2.24, 2.45) is 5.92 Å². The first kappa shape index (κ1) is 27.6. The highest BCUT2D eigenvalue weighted by atomic mass is 16.5. The summed E-state index contributed by atoms with van der Waals surface area (Å²) in [5, 5.41) is 0. The number of ether oxygens (including phenoxy) is 2. The van der Waals surface area contributed by atoms with Crippen LogP contribution in [0.15, 0.2) is 36.4 Å². The Morgan fingerprint density at radius 1 is 0.976 bits per heavy atom. The third-order valence-corrected chi connectivity index (χ3v) is 9.44. The van der Waals surface area contributed by atoms with Crippen LogP contribution in [0.4, 0.5) is 5.69 Å². The van der Waals surface area contributed by atoms with Gasteiger partial charge in [-0.05, 0) is 69.3 Å². The molecule has 0 saturated carbocycles. The number of para-hydroxylation sites is 1. The Labute approximate surface area is 242 Å². The van der Waals surface area contributed by atoms with Crippen molar-refractivity contribution in [1.29, 1.82) is 0 Å². The van der Waals surface area contributed by atoms with Crippen LogP contribution in [-0.2, 0) is 4.79 Å². The Morgan fingerprint density at radius 2 is 1.78 bits per heavy atom. The molecule has 41 heavy (non-hydrogen) atoms. The molecule has 6 rings (SSSR count). The van der Waals surface area contributed by atoms with Crippen LogP contribution in [0.2, 0.25) is 0 Å². The molecule has 0 aromatic heterocycles. The second-order valence-electron chi connectivity index (χ2n) is 11.7. The number of carbonyl (C=O) groups is 3. The van der Waals surface area contributed by atoms with Crippen LogP contribution < -0.4 is 14.4 Å². The standard InChI is InChI=1S/C32H40N4O5/c1-33(20-21-10-8-18-34-17-7-6-12-24(21)34)27(37)14-9-19-35-30-23-15-16-26(40-2)29(41-3)28(23)32(39)36(30)25-13-5-4-11-22(25)31(35)38/h4-5,11,13,15-16,21,24,30H,6-10,12,14,17-20H2,1-3H3. The van der Waals surface area contributed by atoms with Crippen LogP contribution in [0.5, 0.6) is 11.5 Å². The van der Waals surface area contributed by atoms with Gasteiger partial charge in [0.2, 0.25) is 5.91 Å². The third kappa shape index (κ3) is 4.74. The monoisotopic (exact) mass is 560 g/mol. The summed E-state index contributed by atoms with van der Waals surface area (Å²) in [6.07, 6.45) is 6.45. The molecule has 3 unspecified atom stereocenters. The van der Waals surface area contributed by atoms with E-state index in [1.807, 2.05) is 36.2 Å². The highest BCUT2D eigenvalue weighted by Crippen LogP contribution is 2.49. The Kier molecular flexibility index (Phi) is 7.64. The predicted octanol–water partition coefficient (Wildman–Crippen LogP) is 4.32. The van der Waals surface area contributed by atoms with E-state index in [0.29, 0.717) is 65.2 Å². The number of anilines is 1. The van der Waals surface area contributed by atoms with Crippen LogP contribution in [-0.4, -0.2) is 85.9 Å². The summed E-state index contributed by atoms with van der Waals surface area (Å²) >= 11 is 0. The van der Waals surface area contributed by atoms with Crippen LogP contribution in [0, 0.1) is 5.92 Å². The van der Waals surface area contributed by atoms with Crippen molar-refractivity contribution in [1.82, 2.24) is 14.7 Å². The highest BCUT2D eigenvalue weighted by Gasteiger charge is 2.49. The molecule has 3 atom stereocenters. The lowest BCUT2D eigenvalue weighted by atomic mass is 9.83. The van der Waals surface area contributed by atoms with Crippen LogP contribution in [0.25, 0.3) is 0 Å². The van der Waals surface area contributed by atoms with Gasteiger partial charge >= 0.3 is 0 Å². The molecule has 4 aliphatic rings. The van der Waals surface area contributed by atoms with Gasteiger partial charge in [-0.1, -0.05) is 24.6 Å². The lowest BCUT2D eigenvalue weighted by Crippen LogP contribution is -2.51. The maximum atomic E-state index is 13.8. The van der Waals surface area contributed by atoms with Crippen molar-refractivity contribution in [2.75, 3.05) is 52.3 Å². The summed E-state index contributed by atoms with van der Waals surface area (Å²) in [6.45, 7) is 3.52. The molecule has 0 radical (unpaired) electrons.